The van der Waals surface area contributed by atoms with Crippen molar-refractivity contribution in [3.05, 3.63) is 24.5 Å². The van der Waals surface area contributed by atoms with E-state index in [0.717, 1.165) is 11.0 Å². The molecule has 0 bridgehead atoms. The van der Waals surface area contributed by atoms with Gasteiger partial charge in [-0.15, -0.1) is 0 Å². The van der Waals surface area contributed by atoms with E-state index in [1.165, 1.54) is 0 Å². The second-order valence-corrected chi connectivity index (χ2v) is 5.47. The molecule has 0 fully saturated rings. The van der Waals surface area contributed by atoms with Crippen LogP contribution in [0.1, 0.15) is 20.8 Å². The first-order valence-electron chi connectivity index (χ1n) is 6.19. The number of rotatable bonds is 1. The maximum atomic E-state index is 5.60. The molecule has 1 heterocycles. The van der Waals surface area contributed by atoms with E-state index < -0.39 is 0 Å². The van der Waals surface area contributed by atoms with E-state index in [1.807, 2.05) is 24.5 Å². The van der Waals surface area contributed by atoms with Crippen LogP contribution >= 0.6 is 0 Å². The summed E-state index contributed by atoms with van der Waals surface area (Å²) in [5.41, 5.74) is 18.6. The Kier molecular flexibility index (Phi) is 3.35. The molecule has 0 radical (unpaired) electrons. The summed E-state index contributed by atoms with van der Waals surface area (Å²) in [6.45, 7) is 6.37. The maximum absolute atomic E-state index is 5.60. The summed E-state index contributed by atoms with van der Waals surface area (Å²) in [5.74, 6) is -0.107. The molecule has 0 amide bonds. The predicted octanol–water partition coefficient (Wildman–Crippen LogP) is 1.01. The lowest BCUT2D eigenvalue weighted by atomic mass is 10.1. The molecule has 0 atom stereocenters. The highest BCUT2D eigenvalue weighted by molar-refractivity contribution is 5.94. The number of fused-ring (bicyclic) bond motifs is 1. The van der Waals surface area contributed by atoms with Crippen LogP contribution in [0.3, 0.4) is 0 Å². The summed E-state index contributed by atoms with van der Waals surface area (Å²) in [6, 6.07) is 5.64. The molecule has 2 rings (SSSR count). The third kappa shape index (κ3) is 2.87. The van der Waals surface area contributed by atoms with E-state index in [1.54, 1.807) is 0 Å². The molecule has 0 unspecified atom stereocenters. The van der Waals surface area contributed by atoms with Gasteiger partial charge in [-0.1, -0.05) is 0 Å². The van der Waals surface area contributed by atoms with Gasteiger partial charge in [-0.05, 0) is 39.0 Å². The average Bonchev–Trinajstić information content (AvgIpc) is 2.69. The minimum Gasteiger partial charge on any atom is -0.370 e. The zero-order valence-electron chi connectivity index (χ0n) is 11.8. The molecule has 106 valence electrons. The molecule has 7 heteroatoms. The summed E-state index contributed by atoms with van der Waals surface area (Å²) in [6.07, 6.45) is 1.82. The van der Waals surface area contributed by atoms with Gasteiger partial charge in [-0.25, -0.2) is 9.98 Å². The van der Waals surface area contributed by atoms with Crippen molar-refractivity contribution in [3.63, 3.8) is 0 Å². The summed E-state index contributed by atoms with van der Waals surface area (Å²) in [4.78, 5) is 12.2. The SMILES string of the molecule is CC(C)(C)n1cnc2cc(N=C(N)N=C(N)N)ccc21. The number of benzene rings is 1. The Bertz CT molecular complexity index is 684. The van der Waals surface area contributed by atoms with Crippen LogP contribution in [-0.2, 0) is 5.54 Å². The first-order valence-corrected chi connectivity index (χ1v) is 6.19. The van der Waals surface area contributed by atoms with Crippen LogP contribution < -0.4 is 17.2 Å². The number of nitrogens with zero attached hydrogens (tertiary/aromatic N) is 4. The summed E-state index contributed by atoms with van der Waals surface area (Å²) in [7, 11) is 0. The lowest BCUT2D eigenvalue weighted by Crippen LogP contribution is -2.26. The Morgan fingerprint density at radius 1 is 1.20 bits per heavy atom. The summed E-state index contributed by atoms with van der Waals surface area (Å²) in [5, 5.41) is 0. The van der Waals surface area contributed by atoms with Crippen molar-refractivity contribution in [3.8, 4) is 0 Å². The van der Waals surface area contributed by atoms with Crippen LogP contribution in [-0.4, -0.2) is 21.5 Å². The van der Waals surface area contributed by atoms with E-state index >= 15 is 0 Å². The average molecular weight is 273 g/mol. The highest BCUT2D eigenvalue weighted by Gasteiger charge is 2.15. The van der Waals surface area contributed by atoms with Crippen LogP contribution in [0.25, 0.3) is 11.0 Å². The first kappa shape index (κ1) is 13.9. The fraction of sp³-hybridized carbons (Fsp3) is 0.308. The molecule has 1 aromatic carbocycles. The van der Waals surface area contributed by atoms with Crippen molar-refractivity contribution in [2.24, 2.45) is 27.2 Å². The van der Waals surface area contributed by atoms with E-state index in [2.05, 4.69) is 40.3 Å². The van der Waals surface area contributed by atoms with Crippen LogP contribution in [0.15, 0.2) is 34.5 Å². The highest BCUT2D eigenvalue weighted by atomic mass is 15.1. The number of aliphatic imine (C=N–C) groups is 2. The maximum Gasteiger partial charge on any atom is 0.223 e. The van der Waals surface area contributed by atoms with Gasteiger partial charge in [-0.2, -0.15) is 4.99 Å². The lowest BCUT2D eigenvalue weighted by molar-refractivity contribution is 0.408. The number of guanidine groups is 2. The predicted molar refractivity (Wildman–Crippen MR) is 81.8 cm³/mol. The molecule has 0 saturated heterocycles. The van der Waals surface area contributed by atoms with Gasteiger partial charge < -0.3 is 21.8 Å². The van der Waals surface area contributed by atoms with Gasteiger partial charge in [-0.3, -0.25) is 0 Å². The molecule has 0 aliphatic heterocycles. The minimum absolute atomic E-state index is 0.0135. The van der Waals surface area contributed by atoms with Crippen LogP contribution in [0, 0.1) is 0 Å². The van der Waals surface area contributed by atoms with Gasteiger partial charge in [0.25, 0.3) is 0 Å². The minimum atomic E-state index is -0.121. The van der Waals surface area contributed by atoms with Crippen LogP contribution in [0.5, 0.6) is 0 Å². The Morgan fingerprint density at radius 3 is 2.50 bits per heavy atom. The second-order valence-electron chi connectivity index (χ2n) is 5.47. The number of aromatic nitrogens is 2. The standard InChI is InChI=1S/C13H19N7/c1-13(2,3)20-7-17-9-6-8(4-5-10(9)20)18-12(16)19-11(14)15/h4-7H,1-3H3,(H6,14,15,16,18,19). The second kappa shape index (κ2) is 4.84. The monoisotopic (exact) mass is 273 g/mol. The van der Waals surface area contributed by atoms with E-state index in [-0.39, 0.29) is 17.5 Å². The smallest absolute Gasteiger partial charge is 0.223 e. The van der Waals surface area contributed by atoms with E-state index in [4.69, 9.17) is 17.2 Å². The van der Waals surface area contributed by atoms with Gasteiger partial charge in [0, 0.05) is 5.54 Å². The van der Waals surface area contributed by atoms with Crippen molar-refractivity contribution >= 4 is 28.6 Å². The number of hydrogen-bond acceptors (Lipinski definition) is 2. The molecule has 6 N–H and O–H groups in total. The molecule has 0 saturated carbocycles. The first-order chi connectivity index (χ1) is 9.27. The highest BCUT2D eigenvalue weighted by Crippen LogP contribution is 2.25. The fourth-order valence-corrected chi connectivity index (χ4v) is 1.89. The van der Waals surface area contributed by atoms with Crippen molar-refractivity contribution in [2.45, 2.75) is 26.3 Å². The van der Waals surface area contributed by atoms with E-state index in [9.17, 15) is 0 Å². The Labute approximate surface area is 117 Å². The Hall–Kier alpha value is -2.57. The van der Waals surface area contributed by atoms with Crippen LogP contribution in [0.2, 0.25) is 0 Å². The molecule has 7 nitrogen and oxygen atoms in total. The van der Waals surface area contributed by atoms with Crippen molar-refractivity contribution in [2.75, 3.05) is 0 Å². The summed E-state index contributed by atoms with van der Waals surface area (Å²) >= 11 is 0. The van der Waals surface area contributed by atoms with Gasteiger partial charge in [0.1, 0.15) is 0 Å². The molecular weight excluding hydrogens is 254 g/mol. The molecular formula is C13H19N7. The number of imidazole rings is 1. The normalized spacial score (nSPS) is 12.7. The number of nitrogens with two attached hydrogens (primary N) is 3. The molecule has 20 heavy (non-hydrogen) atoms. The van der Waals surface area contributed by atoms with Gasteiger partial charge in [0.05, 0.1) is 23.0 Å². The molecule has 0 aliphatic rings. The van der Waals surface area contributed by atoms with Crippen molar-refractivity contribution in [1.82, 2.24) is 9.55 Å². The zero-order chi connectivity index (χ0) is 14.9. The van der Waals surface area contributed by atoms with Crippen LogP contribution in [0.4, 0.5) is 5.69 Å². The number of hydrogen-bond donors (Lipinski definition) is 3. The fourth-order valence-electron chi connectivity index (χ4n) is 1.89. The molecule has 0 spiro atoms. The topological polar surface area (TPSA) is 121 Å². The molecule has 2 aromatic rings. The van der Waals surface area contributed by atoms with Gasteiger partial charge >= 0.3 is 0 Å². The summed E-state index contributed by atoms with van der Waals surface area (Å²) < 4.78 is 2.11. The third-order valence-corrected chi connectivity index (χ3v) is 2.74. The van der Waals surface area contributed by atoms with Crippen molar-refractivity contribution < 1.29 is 0 Å². The van der Waals surface area contributed by atoms with Gasteiger partial charge in [0.15, 0.2) is 5.96 Å². The molecule has 1 aromatic heterocycles. The largest absolute Gasteiger partial charge is 0.370 e. The quantitative estimate of drug-likeness (QED) is 0.530. The van der Waals surface area contributed by atoms with Gasteiger partial charge in [0.2, 0.25) is 5.96 Å². The Balaban J connectivity index is 2.44. The third-order valence-electron chi connectivity index (χ3n) is 2.74. The Morgan fingerprint density at radius 2 is 1.90 bits per heavy atom. The van der Waals surface area contributed by atoms with Crippen molar-refractivity contribution in [1.29, 1.82) is 0 Å². The van der Waals surface area contributed by atoms with E-state index in [0.29, 0.717) is 5.69 Å². The zero-order valence-corrected chi connectivity index (χ0v) is 11.8. The molecule has 0 aliphatic carbocycles. The lowest BCUT2D eigenvalue weighted by Gasteiger charge is -2.21.